The van der Waals surface area contributed by atoms with Crippen LogP contribution in [-0.2, 0) is 0 Å². The van der Waals surface area contributed by atoms with Gasteiger partial charge in [0.15, 0.2) is 5.43 Å². The molecule has 4 rings (SSSR count). The fraction of sp³-hybridized carbons (Fsp3) is 0.238. The first kappa shape index (κ1) is 16.5. The highest BCUT2D eigenvalue weighted by molar-refractivity contribution is 6.24. The molecule has 1 aliphatic carbocycles. The second-order valence-corrected chi connectivity index (χ2v) is 6.69. The number of H-pyrrole nitrogens is 1. The van der Waals surface area contributed by atoms with Gasteiger partial charge in [-0.3, -0.25) is 9.79 Å². The number of rotatable bonds is 4. The van der Waals surface area contributed by atoms with E-state index in [-0.39, 0.29) is 5.43 Å². The first-order valence-corrected chi connectivity index (χ1v) is 8.63. The highest BCUT2D eigenvalue weighted by atomic mass is 16.5. The second-order valence-electron chi connectivity index (χ2n) is 6.69. The summed E-state index contributed by atoms with van der Waals surface area (Å²) in [5.41, 5.74) is 5.13. The number of ether oxygens (including phenoxy) is 1. The number of nitrogens with one attached hydrogen (secondary N) is 1. The Hall–Kier alpha value is -2.92. The van der Waals surface area contributed by atoms with Crippen molar-refractivity contribution in [1.82, 2.24) is 9.88 Å². The van der Waals surface area contributed by atoms with Crippen molar-refractivity contribution in [1.29, 1.82) is 0 Å². The molecular weight excluding hydrogens is 326 g/mol. The first-order valence-electron chi connectivity index (χ1n) is 8.63. The smallest absolute Gasteiger partial charge is 0.199 e. The standard InChI is InChI=1S/C21H21N3O2/c1-24(2)11-10-22-19-14-6-4-5-7-15(14)20-18(19)21(25)16-12-13(26-3)8-9-17(16)23-20/h4-9,12H,10-11H2,1-3H3,(H,23,25). The number of hydrogen-bond donors (Lipinski definition) is 1. The number of aromatic amines is 1. The lowest BCUT2D eigenvalue weighted by molar-refractivity contribution is 0.415. The van der Waals surface area contributed by atoms with Crippen LogP contribution in [0.15, 0.2) is 52.3 Å². The molecule has 0 amide bonds. The van der Waals surface area contributed by atoms with Gasteiger partial charge in [-0.05, 0) is 32.3 Å². The summed E-state index contributed by atoms with van der Waals surface area (Å²) in [5.74, 6) is 0.671. The van der Waals surface area contributed by atoms with Gasteiger partial charge in [0.1, 0.15) is 5.75 Å². The Labute approximate surface area is 152 Å². The molecule has 5 nitrogen and oxygen atoms in total. The molecule has 0 radical (unpaired) electrons. The van der Waals surface area contributed by atoms with Crippen molar-refractivity contribution in [3.05, 3.63) is 63.8 Å². The summed E-state index contributed by atoms with van der Waals surface area (Å²) in [5, 5.41) is 0.621. The number of benzene rings is 2. The normalized spacial score (nSPS) is 14.1. The zero-order valence-electron chi connectivity index (χ0n) is 15.2. The van der Waals surface area contributed by atoms with Gasteiger partial charge in [-0.25, -0.2) is 0 Å². The number of pyridine rings is 1. The summed E-state index contributed by atoms with van der Waals surface area (Å²) in [6.07, 6.45) is 0. The summed E-state index contributed by atoms with van der Waals surface area (Å²) in [6, 6.07) is 13.6. The lowest BCUT2D eigenvalue weighted by Crippen LogP contribution is -2.19. The van der Waals surface area contributed by atoms with E-state index >= 15 is 0 Å². The van der Waals surface area contributed by atoms with Crippen molar-refractivity contribution in [3.8, 4) is 17.0 Å². The maximum atomic E-state index is 13.3. The molecule has 0 aliphatic heterocycles. The van der Waals surface area contributed by atoms with E-state index in [1.54, 1.807) is 13.2 Å². The van der Waals surface area contributed by atoms with E-state index in [9.17, 15) is 4.79 Å². The molecule has 0 unspecified atom stereocenters. The van der Waals surface area contributed by atoms with E-state index in [4.69, 9.17) is 9.73 Å². The van der Waals surface area contributed by atoms with E-state index in [2.05, 4.69) is 9.88 Å². The molecule has 2 aromatic carbocycles. The maximum absolute atomic E-state index is 13.3. The topological polar surface area (TPSA) is 57.7 Å². The molecule has 1 aliphatic rings. The van der Waals surface area contributed by atoms with Gasteiger partial charge in [-0.15, -0.1) is 0 Å². The molecule has 132 valence electrons. The molecule has 0 fully saturated rings. The number of likely N-dealkylation sites (N-methyl/N-ethyl adjacent to an activating group) is 1. The monoisotopic (exact) mass is 347 g/mol. The van der Waals surface area contributed by atoms with Crippen molar-refractivity contribution in [2.45, 2.75) is 0 Å². The molecule has 1 N–H and O–H groups in total. The SMILES string of the molecule is COc1ccc2[nH]c3c(c(=O)c2c1)C(=NCCN(C)C)c1ccccc1-3. The molecule has 3 aromatic rings. The Morgan fingerprint density at radius 1 is 1.12 bits per heavy atom. The van der Waals surface area contributed by atoms with Crippen molar-refractivity contribution >= 4 is 16.6 Å². The molecule has 1 aromatic heterocycles. The van der Waals surface area contributed by atoms with E-state index in [1.165, 1.54) is 0 Å². The van der Waals surface area contributed by atoms with Gasteiger partial charge in [-0.1, -0.05) is 24.3 Å². The van der Waals surface area contributed by atoms with Crippen LogP contribution in [0.3, 0.4) is 0 Å². The van der Waals surface area contributed by atoms with E-state index in [0.717, 1.165) is 34.6 Å². The van der Waals surface area contributed by atoms with E-state index in [0.29, 0.717) is 23.2 Å². The highest BCUT2D eigenvalue weighted by Gasteiger charge is 2.28. The molecule has 0 spiro atoms. The average molecular weight is 347 g/mol. The molecule has 26 heavy (non-hydrogen) atoms. The van der Waals surface area contributed by atoms with Crippen LogP contribution in [0.4, 0.5) is 0 Å². The zero-order valence-corrected chi connectivity index (χ0v) is 15.2. The van der Waals surface area contributed by atoms with Gasteiger partial charge in [-0.2, -0.15) is 0 Å². The van der Waals surface area contributed by atoms with Crippen molar-refractivity contribution in [2.24, 2.45) is 4.99 Å². The number of hydrogen-bond acceptors (Lipinski definition) is 4. The van der Waals surface area contributed by atoms with Gasteiger partial charge in [0.25, 0.3) is 0 Å². The van der Waals surface area contributed by atoms with Crippen LogP contribution in [0.1, 0.15) is 11.1 Å². The number of aliphatic imine (C=N–C) groups is 1. The molecular formula is C21H21N3O2. The van der Waals surface area contributed by atoms with Crippen molar-refractivity contribution in [2.75, 3.05) is 34.3 Å². The summed E-state index contributed by atoms with van der Waals surface area (Å²) < 4.78 is 5.29. The van der Waals surface area contributed by atoms with Crippen LogP contribution in [0.5, 0.6) is 5.75 Å². The van der Waals surface area contributed by atoms with Gasteiger partial charge in [0.2, 0.25) is 0 Å². The zero-order chi connectivity index (χ0) is 18.3. The second kappa shape index (κ2) is 6.42. The summed E-state index contributed by atoms with van der Waals surface area (Å²) >= 11 is 0. The fourth-order valence-electron chi connectivity index (χ4n) is 3.39. The predicted octanol–water partition coefficient (Wildman–Crippen LogP) is 2.92. The van der Waals surface area contributed by atoms with Crippen LogP contribution in [-0.4, -0.2) is 49.9 Å². The van der Waals surface area contributed by atoms with Crippen molar-refractivity contribution < 1.29 is 4.74 Å². The van der Waals surface area contributed by atoms with Gasteiger partial charge < -0.3 is 14.6 Å². The van der Waals surface area contributed by atoms with Crippen LogP contribution in [0.2, 0.25) is 0 Å². The number of nitrogens with zero attached hydrogens (tertiary/aromatic N) is 2. The van der Waals surface area contributed by atoms with Crippen LogP contribution < -0.4 is 10.2 Å². The van der Waals surface area contributed by atoms with Crippen LogP contribution in [0.25, 0.3) is 22.2 Å². The lowest BCUT2D eigenvalue weighted by Gasteiger charge is -2.08. The molecule has 0 atom stereocenters. The molecule has 0 bridgehead atoms. The third-order valence-corrected chi connectivity index (χ3v) is 4.71. The summed E-state index contributed by atoms with van der Waals surface area (Å²) in [6.45, 7) is 1.48. The third kappa shape index (κ3) is 2.61. The van der Waals surface area contributed by atoms with Gasteiger partial charge in [0, 0.05) is 23.1 Å². The highest BCUT2D eigenvalue weighted by Crippen LogP contribution is 2.35. The minimum absolute atomic E-state index is 0.00699. The molecule has 1 heterocycles. The fourth-order valence-corrected chi connectivity index (χ4v) is 3.39. The summed E-state index contributed by atoms with van der Waals surface area (Å²) in [4.78, 5) is 23.6. The quantitative estimate of drug-likeness (QED) is 0.617. The lowest BCUT2D eigenvalue weighted by atomic mass is 10.1. The average Bonchev–Trinajstić information content (AvgIpc) is 2.96. The Morgan fingerprint density at radius 3 is 2.62 bits per heavy atom. The summed E-state index contributed by atoms with van der Waals surface area (Å²) in [7, 11) is 5.64. The minimum atomic E-state index is -0.00699. The molecule has 0 saturated carbocycles. The van der Waals surface area contributed by atoms with E-state index in [1.807, 2.05) is 50.5 Å². The third-order valence-electron chi connectivity index (χ3n) is 4.71. The predicted molar refractivity (Wildman–Crippen MR) is 106 cm³/mol. The van der Waals surface area contributed by atoms with Crippen LogP contribution in [0, 0.1) is 0 Å². The Morgan fingerprint density at radius 2 is 1.88 bits per heavy atom. The number of aromatic nitrogens is 1. The molecule has 5 heteroatoms. The minimum Gasteiger partial charge on any atom is -0.497 e. The van der Waals surface area contributed by atoms with Crippen LogP contribution >= 0.6 is 0 Å². The van der Waals surface area contributed by atoms with Gasteiger partial charge in [0.05, 0.1) is 36.1 Å². The first-order chi connectivity index (χ1) is 12.6. The Bertz CT molecular complexity index is 1080. The largest absolute Gasteiger partial charge is 0.497 e. The maximum Gasteiger partial charge on any atom is 0.199 e. The van der Waals surface area contributed by atoms with Crippen molar-refractivity contribution in [3.63, 3.8) is 0 Å². The Kier molecular flexibility index (Phi) is 4.09. The molecule has 0 saturated heterocycles. The van der Waals surface area contributed by atoms with Gasteiger partial charge >= 0.3 is 0 Å². The van der Waals surface area contributed by atoms with E-state index < -0.39 is 0 Å². The Balaban J connectivity index is 1.97. The number of fused-ring (bicyclic) bond motifs is 4. The number of methoxy groups -OCH3 is 1.